The first-order valence-electron chi connectivity index (χ1n) is 4.54. The molecule has 0 bridgehead atoms. The Hall–Kier alpha value is -1.43. The molecule has 1 aromatic rings. The molecule has 1 aliphatic rings. The summed E-state index contributed by atoms with van der Waals surface area (Å²) in [4.78, 5) is 0. The van der Waals surface area contributed by atoms with Gasteiger partial charge < -0.3 is 0 Å². The second kappa shape index (κ2) is 3.06. The summed E-state index contributed by atoms with van der Waals surface area (Å²) in [6.45, 7) is 0. The predicted molar refractivity (Wildman–Crippen MR) is 47.5 cm³/mol. The first-order valence-corrected chi connectivity index (χ1v) is 4.54. The van der Waals surface area contributed by atoms with Crippen LogP contribution in [0.5, 0.6) is 0 Å². The van der Waals surface area contributed by atoms with Crippen LogP contribution in [0.25, 0.3) is 0 Å². The largest absolute Gasteiger partial charge is 0.207 e. The Balaban J connectivity index is 2.46. The zero-order valence-electron chi connectivity index (χ0n) is 7.56. The highest BCUT2D eigenvalue weighted by atomic mass is 19.1. The topological polar surface area (TPSA) is 23.8 Å². The lowest BCUT2D eigenvalue weighted by molar-refractivity contribution is 0.321. The Kier molecular flexibility index (Phi) is 1.99. The molecule has 0 heterocycles. The van der Waals surface area contributed by atoms with Crippen LogP contribution in [-0.4, -0.2) is 0 Å². The molecule has 0 aliphatic heterocycles. The minimum atomic E-state index is -0.636. The molecule has 3 heteroatoms. The van der Waals surface area contributed by atoms with E-state index in [1.165, 1.54) is 12.1 Å². The van der Waals surface area contributed by atoms with Crippen molar-refractivity contribution in [2.45, 2.75) is 24.7 Å². The van der Waals surface area contributed by atoms with E-state index in [1.807, 2.05) is 0 Å². The summed E-state index contributed by atoms with van der Waals surface area (Å²) in [5.74, 6) is -1.22. The monoisotopic (exact) mass is 193 g/mol. The normalized spacial score (nSPS) is 18.4. The van der Waals surface area contributed by atoms with Gasteiger partial charge in [0.15, 0.2) is 0 Å². The van der Waals surface area contributed by atoms with Crippen molar-refractivity contribution in [2.75, 3.05) is 0 Å². The zero-order chi connectivity index (χ0) is 10.2. The van der Waals surface area contributed by atoms with Gasteiger partial charge in [-0.1, -0.05) is 0 Å². The van der Waals surface area contributed by atoms with E-state index in [2.05, 4.69) is 6.07 Å². The van der Waals surface area contributed by atoms with Crippen LogP contribution in [0.3, 0.4) is 0 Å². The third-order valence-electron chi connectivity index (χ3n) is 2.84. The van der Waals surface area contributed by atoms with Gasteiger partial charge in [0.25, 0.3) is 0 Å². The average molecular weight is 193 g/mol. The number of hydrogen-bond acceptors (Lipinski definition) is 1. The van der Waals surface area contributed by atoms with Crippen LogP contribution in [0.1, 0.15) is 24.8 Å². The molecule has 1 aromatic carbocycles. The second-order valence-corrected chi connectivity index (χ2v) is 3.71. The lowest BCUT2D eigenvalue weighted by atomic mass is 9.65. The Labute approximate surface area is 81.0 Å². The third-order valence-corrected chi connectivity index (χ3v) is 2.84. The van der Waals surface area contributed by atoms with Crippen molar-refractivity contribution in [2.24, 2.45) is 0 Å². The Morgan fingerprint density at radius 3 is 2.07 bits per heavy atom. The van der Waals surface area contributed by atoms with Crippen LogP contribution in [0.15, 0.2) is 18.2 Å². The smallest absolute Gasteiger partial charge is 0.126 e. The minimum Gasteiger partial charge on any atom is -0.207 e. The number of benzene rings is 1. The summed E-state index contributed by atoms with van der Waals surface area (Å²) in [5.41, 5.74) is -0.160. The van der Waals surface area contributed by atoms with Gasteiger partial charge in [-0.3, -0.25) is 0 Å². The molecule has 72 valence electrons. The van der Waals surface area contributed by atoms with Gasteiger partial charge in [0.1, 0.15) is 11.6 Å². The molecule has 1 aliphatic carbocycles. The number of nitrogens with zero attached hydrogens (tertiary/aromatic N) is 1. The van der Waals surface area contributed by atoms with Gasteiger partial charge in [-0.05, 0) is 37.0 Å². The molecule has 1 saturated carbocycles. The lowest BCUT2D eigenvalue weighted by Gasteiger charge is -2.35. The lowest BCUT2D eigenvalue weighted by Crippen LogP contribution is -2.32. The van der Waals surface area contributed by atoms with E-state index in [1.54, 1.807) is 0 Å². The van der Waals surface area contributed by atoms with E-state index in [0.29, 0.717) is 18.4 Å². The van der Waals surface area contributed by atoms with E-state index < -0.39 is 17.0 Å². The van der Waals surface area contributed by atoms with Gasteiger partial charge in [-0.25, -0.2) is 8.78 Å². The van der Waals surface area contributed by atoms with Crippen molar-refractivity contribution in [1.29, 1.82) is 5.26 Å². The molecule has 1 fully saturated rings. The van der Waals surface area contributed by atoms with Gasteiger partial charge in [0, 0.05) is 6.07 Å². The number of halogens is 2. The maximum atomic E-state index is 12.9. The fourth-order valence-corrected chi connectivity index (χ4v) is 1.83. The summed E-state index contributed by atoms with van der Waals surface area (Å²) < 4.78 is 25.8. The summed E-state index contributed by atoms with van der Waals surface area (Å²) in [6, 6.07) is 5.49. The molecule has 0 saturated heterocycles. The molecule has 0 aromatic heterocycles. The SMILES string of the molecule is N#CC1(c2cc(F)cc(F)c2)CCC1. The fraction of sp³-hybridized carbons (Fsp3) is 0.364. The van der Waals surface area contributed by atoms with E-state index in [-0.39, 0.29) is 0 Å². The van der Waals surface area contributed by atoms with Gasteiger partial charge in [-0.15, -0.1) is 0 Å². The van der Waals surface area contributed by atoms with Crippen LogP contribution >= 0.6 is 0 Å². The van der Waals surface area contributed by atoms with Crippen molar-refractivity contribution in [3.8, 4) is 6.07 Å². The summed E-state index contributed by atoms with van der Waals surface area (Å²) >= 11 is 0. The standard InChI is InChI=1S/C11H9F2N/c12-9-4-8(5-10(13)6-9)11(7-14)2-1-3-11/h4-6H,1-3H2. The summed E-state index contributed by atoms with van der Waals surface area (Å²) in [7, 11) is 0. The van der Waals surface area contributed by atoms with Crippen LogP contribution in [0.2, 0.25) is 0 Å². The molecule has 0 amide bonds. The van der Waals surface area contributed by atoms with Crippen LogP contribution in [0, 0.1) is 23.0 Å². The molecule has 0 unspecified atom stereocenters. The van der Waals surface area contributed by atoms with Crippen molar-refractivity contribution in [1.82, 2.24) is 0 Å². The Morgan fingerprint density at radius 1 is 1.14 bits per heavy atom. The van der Waals surface area contributed by atoms with E-state index in [0.717, 1.165) is 12.5 Å². The van der Waals surface area contributed by atoms with E-state index >= 15 is 0 Å². The van der Waals surface area contributed by atoms with Crippen LogP contribution in [0.4, 0.5) is 8.78 Å². The predicted octanol–water partition coefficient (Wildman–Crippen LogP) is 2.91. The Bertz CT molecular complexity index is 382. The van der Waals surface area contributed by atoms with Gasteiger partial charge >= 0.3 is 0 Å². The van der Waals surface area contributed by atoms with Crippen molar-refractivity contribution < 1.29 is 8.78 Å². The highest BCUT2D eigenvalue weighted by Crippen LogP contribution is 2.43. The first kappa shape index (κ1) is 9.14. The molecule has 0 N–H and O–H groups in total. The maximum absolute atomic E-state index is 12.9. The quantitative estimate of drug-likeness (QED) is 0.672. The summed E-state index contributed by atoms with van der Waals surface area (Å²) in [5, 5.41) is 8.98. The van der Waals surface area contributed by atoms with E-state index in [4.69, 9.17) is 5.26 Å². The molecule has 1 nitrogen and oxygen atoms in total. The molecular weight excluding hydrogens is 184 g/mol. The molecular formula is C11H9F2N. The minimum absolute atomic E-state index is 0.476. The molecule has 0 radical (unpaired) electrons. The first-order chi connectivity index (χ1) is 6.66. The summed E-state index contributed by atoms with van der Waals surface area (Å²) in [6.07, 6.45) is 2.35. The number of hydrogen-bond donors (Lipinski definition) is 0. The van der Waals surface area contributed by atoms with Gasteiger partial charge in [0.2, 0.25) is 0 Å². The zero-order valence-corrected chi connectivity index (χ0v) is 7.56. The average Bonchev–Trinajstić information content (AvgIpc) is 2.01. The van der Waals surface area contributed by atoms with E-state index in [9.17, 15) is 8.78 Å². The van der Waals surface area contributed by atoms with Crippen LogP contribution < -0.4 is 0 Å². The third kappa shape index (κ3) is 1.27. The highest BCUT2D eigenvalue weighted by Gasteiger charge is 2.39. The highest BCUT2D eigenvalue weighted by molar-refractivity contribution is 5.35. The molecule has 2 rings (SSSR count). The molecule has 0 spiro atoms. The van der Waals surface area contributed by atoms with Crippen molar-refractivity contribution in [3.63, 3.8) is 0 Å². The van der Waals surface area contributed by atoms with Gasteiger partial charge in [-0.2, -0.15) is 5.26 Å². The Morgan fingerprint density at radius 2 is 1.71 bits per heavy atom. The molecule has 0 atom stereocenters. The maximum Gasteiger partial charge on any atom is 0.126 e. The number of rotatable bonds is 1. The van der Waals surface area contributed by atoms with Crippen LogP contribution in [-0.2, 0) is 5.41 Å². The second-order valence-electron chi connectivity index (χ2n) is 3.71. The van der Waals surface area contributed by atoms with Crippen molar-refractivity contribution in [3.05, 3.63) is 35.4 Å². The van der Waals surface area contributed by atoms with Crippen molar-refractivity contribution >= 4 is 0 Å². The molecule has 14 heavy (non-hydrogen) atoms. The number of nitriles is 1. The van der Waals surface area contributed by atoms with Gasteiger partial charge in [0.05, 0.1) is 11.5 Å². The fourth-order valence-electron chi connectivity index (χ4n) is 1.83.